The number of nitrogens with two attached hydrogens (primary N) is 1. The summed E-state index contributed by atoms with van der Waals surface area (Å²) >= 11 is 10.9. The second kappa shape index (κ2) is 3.87. The predicted molar refractivity (Wildman–Crippen MR) is 58.3 cm³/mol. The molecule has 1 aliphatic heterocycles. The number of rotatable bonds is 1. The van der Waals surface area contributed by atoms with E-state index in [1.54, 1.807) is 0 Å². The molecular weight excluding hydrogens is 274 g/mol. The largest absolute Gasteiger partial charge is 0.371 e. The minimum absolute atomic E-state index is 0.0203. The van der Waals surface area contributed by atoms with Crippen molar-refractivity contribution in [2.75, 3.05) is 6.61 Å². The maximum atomic E-state index is 5.91. The van der Waals surface area contributed by atoms with Crippen molar-refractivity contribution in [2.45, 2.75) is 18.6 Å². The molecule has 0 aliphatic carbocycles. The minimum atomic E-state index is 0.0203. The summed E-state index contributed by atoms with van der Waals surface area (Å²) in [6, 6.07) is 1.99. The summed E-state index contributed by atoms with van der Waals surface area (Å²) in [7, 11) is 0. The lowest BCUT2D eigenvalue weighted by Gasteiger charge is -2.12. The first-order valence-electron chi connectivity index (χ1n) is 4.00. The van der Waals surface area contributed by atoms with Crippen molar-refractivity contribution in [3.63, 3.8) is 0 Å². The first-order chi connectivity index (χ1) is 6.18. The van der Waals surface area contributed by atoms with E-state index in [0.717, 1.165) is 26.7 Å². The Balaban J connectivity index is 2.28. The molecule has 2 unspecified atom stereocenters. The van der Waals surface area contributed by atoms with Crippen molar-refractivity contribution in [3.8, 4) is 0 Å². The first-order valence-corrected chi connectivity index (χ1v) is 5.99. The summed E-state index contributed by atoms with van der Waals surface area (Å²) in [4.78, 5) is 1.11. The zero-order chi connectivity index (χ0) is 9.42. The van der Waals surface area contributed by atoms with Crippen LogP contribution in [0.2, 0.25) is 4.34 Å². The third kappa shape index (κ3) is 1.92. The van der Waals surface area contributed by atoms with Crippen molar-refractivity contribution in [3.05, 3.63) is 19.8 Å². The van der Waals surface area contributed by atoms with Crippen LogP contribution < -0.4 is 5.73 Å². The second-order valence-electron chi connectivity index (χ2n) is 3.01. The van der Waals surface area contributed by atoms with Crippen LogP contribution in [-0.4, -0.2) is 12.6 Å². The zero-order valence-corrected chi connectivity index (χ0v) is 9.95. The fourth-order valence-electron chi connectivity index (χ4n) is 1.42. The van der Waals surface area contributed by atoms with Crippen molar-refractivity contribution >= 4 is 38.9 Å². The molecular formula is C8H9BrClNOS. The molecule has 1 fully saturated rings. The minimum Gasteiger partial charge on any atom is -0.371 e. The summed E-state index contributed by atoms with van der Waals surface area (Å²) in [6.07, 6.45) is 0.943. The molecule has 2 rings (SSSR count). The van der Waals surface area contributed by atoms with Gasteiger partial charge in [0.1, 0.15) is 6.10 Å². The van der Waals surface area contributed by atoms with Gasteiger partial charge in [0.25, 0.3) is 0 Å². The molecule has 5 heteroatoms. The highest BCUT2D eigenvalue weighted by Crippen LogP contribution is 2.40. The van der Waals surface area contributed by atoms with Gasteiger partial charge < -0.3 is 10.5 Å². The van der Waals surface area contributed by atoms with Crippen molar-refractivity contribution in [1.29, 1.82) is 0 Å². The Morgan fingerprint density at radius 2 is 2.46 bits per heavy atom. The number of hydrogen-bond donors (Lipinski definition) is 1. The lowest BCUT2D eigenvalue weighted by molar-refractivity contribution is 0.107. The van der Waals surface area contributed by atoms with Crippen LogP contribution in [0.5, 0.6) is 0 Å². The van der Waals surface area contributed by atoms with E-state index in [4.69, 9.17) is 22.1 Å². The summed E-state index contributed by atoms with van der Waals surface area (Å²) in [5.41, 5.74) is 5.91. The molecule has 2 heterocycles. The van der Waals surface area contributed by atoms with Crippen LogP contribution in [-0.2, 0) is 4.74 Å². The zero-order valence-electron chi connectivity index (χ0n) is 6.80. The summed E-state index contributed by atoms with van der Waals surface area (Å²) < 4.78 is 7.31. The van der Waals surface area contributed by atoms with Crippen LogP contribution in [0.3, 0.4) is 0 Å². The van der Waals surface area contributed by atoms with E-state index in [1.807, 2.05) is 6.07 Å². The number of halogens is 2. The van der Waals surface area contributed by atoms with Crippen LogP contribution in [0.25, 0.3) is 0 Å². The molecule has 72 valence electrons. The normalized spacial score (nSPS) is 28.2. The Hall–Kier alpha value is 0.390. The fraction of sp³-hybridized carbons (Fsp3) is 0.500. The topological polar surface area (TPSA) is 35.2 Å². The fourth-order valence-corrected chi connectivity index (χ4v) is 3.67. The summed E-state index contributed by atoms with van der Waals surface area (Å²) in [6.45, 7) is 0.744. The van der Waals surface area contributed by atoms with Crippen molar-refractivity contribution in [2.24, 2.45) is 5.73 Å². The van der Waals surface area contributed by atoms with E-state index in [-0.39, 0.29) is 12.1 Å². The Morgan fingerprint density at radius 3 is 2.92 bits per heavy atom. The molecule has 1 aliphatic rings. The molecule has 13 heavy (non-hydrogen) atoms. The SMILES string of the molecule is NC1CCOC1c1sc(Cl)cc1Br. The summed E-state index contributed by atoms with van der Waals surface area (Å²) in [5.74, 6) is 0. The molecule has 1 aromatic heterocycles. The Bertz CT molecular complexity index is 317. The van der Waals surface area contributed by atoms with Crippen molar-refractivity contribution in [1.82, 2.24) is 0 Å². The average molecular weight is 283 g/mol. The number of hydrogen-bond acceptors (Lipinski definition) is 3. The lowest BCUT2D eigenvalue weighted by atomic mass is 10.1. The maximum Gasteiger partial charge on any atom is 0.108 e. The maximum absolute atomic E-state index is 5.91. The van der Waals surface area contributed by atoms with Crippen LogP contribution in [0.4, 0.5) is 0 Å². The van der Waals surface area contributed by atoms with Gasteiger partial charge in [-0.1, -0.05) is 11.6 Å². The van der Waals surface area contributed by atoms with Crippen LogP contribution >= 0.6 is 38.9 Å². The molecule has 0 radical (unpaired) electrons. The van der Waals surface area contributed by atoms with E-state index in [0.29, 0.717) is 0 Å². The standard InChI is InChI=1S/C8H9BrClNOS/c9-4-3-6(10)13-8(4)7-5(11)1-2-12-7/h3,5,7H,1-2,11H2. The predicted octanol–water partition coefficient (Wildman–Crippen LogP) is 2.95. The monoisotopic (exact) mass is 281 g/mol. The molecule has 2 N–H and O–H groups in total. The third-order valence-electron chi connectivity index (χ3n) is 2.08. The van der Waals surface area contributed by atoms with E-state index in [1.165, 1.54) is 11.3 Å². The van der Waals surface area contributed by atoms with Gasteiger partial charge in [-0.05, 0) is 28.4 Å². The first kappa shape index (κ1) is 9.93. The van der Waals surface area contributed by atoms with E-state index in [2.05, 4.69) is 15.9 Å². The van der Waals surface area contributed by atoms with Gasteiger partial charge >= 0.3 is 0 Å². The van der Waals surface area contributed by atoms with Gasteiger partial charge in [0.15, 0.2) is 0 Å². The van der Waals surface area contributed by atoms with Crippen LogP contribution in [0, 0.1) is 0 Å². The Kier molecular flexibility index (Phi) is 2.95. The second-order valence-corrected chi connectivity index (χ2v) is 5.58. The number of thiophene rings is 1. The molecule has 0 bridgehead atoms. The van der Waals surface area contributed by atoms with Crippen molar-refractivity contribution < 1.29 is 4.74 Å². The molecule has 0 spiro atoms. The molecule has 1 saturated heterocycles. The van der Waals surface area contributed by atoms with E-state index in [9.17, 15) is 0 Å². The highest BCUT2D eigenvalue weighted by atomic mass is 79.9. The Labute approximate surface area is 94.1 Å². The highest BCUT2D eigenvalue weighted by Gasteiger charge is 2.29. The van der Waals surface area contributed by atoms with Gasteiger partial charge in [-0.2, -0.15) is 0 Å². The Morgan fingerprint density at radius 1 is 1.69 bits per heavy atom. The van der Waals surface area contributed by atoms with E-state index >= 15 is 0 Å². The van der Waals surface area contributed by atoms with E-state index < -0.39 is 0 Å². The molecule has 0 aromatic carbocycles. The average Bonchev–Trinajstić information content (AvgIpc) is 2.58. The lowest BCUT2D eigenvalue weighted by Crippen LogP contribution is -2.22. The molecule has 1 aromatic rings. The van der Waals surface area contributed by atoms with Crippen LogP contribution in [0.1, 0.15) is 17.4 Å². The highest BCUT2D eigenvalue weighted by molar-refractivity contribution is 9.10. The van der Waals surface area contributed by atoms with Gasteiger partial charge in [-0.25, -0.2) is 0 Å². The smallest absolute Gasteiger partial charge is 0.108 e. The van der Waals surface area contributed by atoms with Gasteiger partial charge in [-0.3, -0.25) is 0 Å². The molecule has 0 amide bonds. The van der Waals surface area contributed by atoms with Crippen LogP contribution in [0.15, 0.2) is 10.5 Å². The van der Waals surface area contributed by atoms with Gasteiger partial charge in [-0.15, -0.1) is 11.3 Å². The summed E-state index contributed by atoms with van der Waals surface area (Å²) in [5, 5.41) is 0. The van der Waals surface area contributed by atoms with Gasteiger partial charge in [0, 0.05) is 17.1 Å². The molecule has 2 atom stereocenters. The third-order valence-corrected chi connectivity index (χ3v) is 4.32. The molecule has 0 saturated carbocycles. The molecule has 2 nitrogen and oxygen atoms in total. The number of ether oxygens (including phenoxy) is 1. The quantitative estimate of drug-likeness (QED) is 0.859. The van der Waals surface area contributed by atoms with Gasteiger partial charge in [0.2, 0.25) is 0 Å². The van der Waals surface area contributed by atoms with Gasteiger partial charge in [0.05, 0.1) is 9.21 Å².